The quantitative estimate of drug-likeness (QED) is 0.845. The number of nitrogens with zero attached hydrogens (tertiary/aromatic N) is 4. The second-order valence-corrected chi connectivity index (χ2v) is 7.91. The highest BCUT2D eigenvalue weighted by atomic mass is 16.2. The number of anilines is 1. The van der Waals surface area contributed by atoms with Crippen molar-refractivity contribution in [1.29, 1.82) is 0 Å². The largest absolute Gasteiger partial charge is 0.306 e. The molecule has 3 rings (SSSR count). The lowest BCUT2D eigenvalue weighted by Gasteiger charge is -2.37. The number of benzene rings is 1. The average Bonchev–Trinajstić information content (AvgIpc) is 2.59. The van der Waals surface area contributed by atoms with Gasteiger partial charge in [-0.05, 0) is 32.1 Å². The molecule has 5 heteroatoms. The van der Waals surface area contributed by atoms with Crippen LogP contribution in [0, 0.1) is 0 Å². The van der Waals surface area contributed by atoms with Crippen LogP contribution < -0.4 is 4.90 Å². The Morgan fingerprint density at radius 1 is 1.16 bits per heavy atom. The van der Waals surface area contributed by atoms with E-state index in [9.17, 15) is 4.79 Å². The second-order valence-electron chi connectivity index (χ2n) is 7.91. The van der Waals surface area contributed by atoms with Crippen molar-refractivity contribution < 1.29 is 4.79 Å². The van der Waals surface area contributed by atoms with Crippen molar-refractivity contribution in [2.75, 3.05) is 25.5 Å². The van der Waals surface area contributed by atoms with E-state index in [1.54, 1.807) is 12.4 Å². The van der Waals surface area contributed by atoms with Gasteiger partial charge < -0.3 is 9.80 Å². The van der Waals surface area contributed by atoms with Crippen molar-refractivity contribution in [3.63, 3.8) is 0 Å². The molecule has 0 fully saturated rings. The van der Waals surface area contributed by atoms with Crippen LogP contribution in [-0.2, 0) is 11.8 Å². The smallest absolute Gasteiger partial charge is 0.261 e. The first-order valence-corrected chi connectivity index (χ1v) is 8.66. The highest BCUT2D eigenvalue weighted by Gasteiger charge is 2.30. The molecule has 0 spiro atoms. The highest BCUT2D eigenvalue weighted by molar-refractivity contribution is 6.06. The van der Waals surface area contributed by atoms with Crippen LogP contribution in [0.15, 0.2) is 36.7 Å². The average molecular weight is 338 g/mol. The first-order valence-electron chi connectivity index (χ1n) is 8.66. The number of carbonyl (C=O) groups excluding carboxylic acids is 1. The number of hydrogen-bond acceptors (Lipinski definition) is 4. The zero-order valence-corrected chi connectivity index (χ0v) is 15.7. The zero-order valence-electron chi connectivity index (χ0n) is 15.7. The Labute approximate surface area is 149 Å². The summed E-state index contributed by atoms with van der Waals surface area (Å²) in [4.78, 5) is 26.0. The number of para-hydroxylation sites is 1. The Kier molecular flexibility index (Phi) is 4.60. The maximum Gasteiger partial charge on any atom is 0.261 e. The van der Waals surface area contributed by atoms with Gasteiger partial charge in [0.25, 0.3) is 5.91 Å². The van der Waals surface area contributed by atoms with Crippen molar-refractivity contribution in [3.8, 4) is 0 Å². The number of rotatable bonds is 2. The van der Waals surface area contributed by atoms with E-state index in [1.807, 2.05) is 23.1 Å². The summed E-state index contributed by atoms with van der Waals surface area (Å²) in [5.74, 6) is 0.703. The van der Waals surface area contributed by atoms with Crippen LogP contribution in [0.4, 0.5) is 5.69 Å². The van der Waals surface area contributed by atoms with E-state index in [4.69, 9.17) is 0 Å². The number of amides is 1. The van der Waals surface area contributed by atoms with Gasteiger partial charge in [0.15, 0.2) is 0 Å². The third kappa shape index (κ3) is 3.56. The van der Waals surface area contributed by atoms with E-state index in [0.717, 1.165) is 17.9 Å². The molecule has 0 saturated carbocycles. The molecule has 1 amide bonds. The Hall–Kier alpha value is -2.27. The van der Waals surface area contributed by atoms with Crippen molar-refractivity contribution >= 4 is 11.6 Å². The van der Waals surface area contributed by atoms with Gasteiger partial charge in [0.2, 0.25) is 0 Å². The van der Waals surface area contributed by atoms with E-state index >= 15 is 0 Å². The monoisotopic (exact) mass is 338 g/mol. The van der Waals surface area contributed by atoms with E-state index in [0.29, 0.717) is 18.2 Å². The summed E-state index contributed by atoms with van der Waals surface area (Å²) in [5, 5.41) is 0. The summed E-state index contributed by atoms with van der Waals surface area (Å²) < 4.78 is 0. The van der Waals surface area contributed by atoms with Crippen LogP contribution >= 0.6 is 0 Å². The molecule has 1 aromatic heterocycles. The summed E-state index contributed by atoms with van der Waals surface area (Å²) in [6.07, 6.45) is 4.25. The van der Waals surface area contributed by atoms with Crippen molar-refractivity contribution in [2.24, 2.45) is 0 Å². The standard InChI is InChI=1S/C20H26N4O/c1-20(2,3)19-21-11-15(12-22-19)18(25)24-13-16(23(4)5)10-14-8-6-7-9-17(14)24/h6-9,11-12,16H,10,13H2,1-5H3. The lowest BCUT2D eigenvalue weighted by Crippen LogP contribution is -2.48. The van der Waals surface area contributed by atoms with Gasteiger partial charge in [0.05, 0.1) is 5.56 Å². The summed E-state index contributed by atoms with van der Waals surface area (Å²) >= 11 is 0. The van der Waals surface area contributed by atoms with E-state index in [1.165, 1.54) is 5.56 Å². The highest BCUT2D eigenvalue weighted by Crippen LogP contribution is 2.29. The molecule has 2 heterocycles. The third-order valence-corrected chi connectivity index (χ3v) is 4.68. The van der Waals surface area contributed by atoms with Gasteiger partial charge >= 0.3 is 0 Å². The number of likely N-dealkylation sites (N-methyl/N-ethyl adjacent to an activating group) is 1. The van der Waals surface area contributed by atoms with Gasteiger partial charge in [0.1, 0.15) is 5.82 Å². The second kappa shape index (κ2) is 6.56. The van der Waals surface area contributed by atoms with Gasteiger partial charge in [-0.25, -0.2) is 9.97 Å². The minimum Gasteiger partial charge on any atom is -0.306 e. The van der Waals surface area contributed by atoms with Crippen LogP contribution in [0.3, 0.4) is 0 Å². The Balaban J connectivity index is 1.93. The maximum absolute atomic E-state index is 13.1. The molecular formula is C20H26N4O. The van der Waals surface area contributed by atoms with Gasteiger partial charge in [-0.2, -0.15) is 0 Å². The number of hydrogen-bond donors (Lipinski definition) is 0. The SMILES string of the molecule is CN(C)C1Cc2ccccc2N(C(=O)c2cnc(C(C)(C)C)nc2)C1. The van der Waals surface area contributed by atoms with Crippen LogP contribution in [0.2, 0.25) is 0 Å². The minimum atomic E-state index is -0.130. The topological polar surface area (TPSA) is 49.3 Å². The summed E-state index contributed by atoms with van der Waals surface area (Å²) in [5.41, 5.74) is 2.59. The number of carbonyl (C=O) groups is 1. The zero-order chi connectivity index (χ0) is 18.2. The van der Waals surface area contributed by atoms with Crippen molar-refractivity contribution in [1.82, 2.24) is 14.9 Å². The molecule has 2 aromatic rings. The summed E-state index contributed by atoms with van der Waals surface area (Å²) in [7, 11) is 4.12. The first kappa shape index (κ1) is 17.5. The molecule has 132 valence electrons. The molecule has 1 aromatic carbocycles. The molecule has 25 heavy (non-hydrogen) atoms. The Morgan fingerprint density at radius 2 is 1.80 bits per heavy atom. The third-order valence-electron chi connectivity index (χ3n) is 4.68. The molecule has 1 aliphatic rings. The Morgan fingerprint density at radius 3 is 2.40 bits per heavy atom. The van der Waals surface area contributed by atoms with Gasteiger partial charge in [0, 0.05) is 36.1 Å². The normalized spacial score (nSPS) is 17.5. The predicted molar refractivity (Wildman–Crippen MR) is 100 cm³/mol. The fraction of sp³-hybridized carbons (Fsp3) is 0.450. The molecule has 0 radical (unpaired) electrons. The van der Waals surface area contributed by atoms with Crippen LogP contribution in [0.5, 0.6) is 0 Å². The first-order chi connectivity index (χ1) is 11.8. The predicted octanol–water partition coefficient (Wildman–Crippen LogP) is 2.91. The molecule has 1 aliphatic heterocycles. The summed E-state index contributed by atoms with van der Waals surface area (Å²) in [6.45, 7) is 6.86. The van der Waals surface area contributed by atoms with Crippen LogP contribution in [-0.4, -0.2) is 47.5 Å². The fourth-order valence-electron chi connectivity index (χ4n) is 3.09. The molecule has 0 bridgehead atoms. The van der Waals surface area contributed by atoms with Crippen LogP contribution in [0.1, 0.15) is 42.5 Å². The molecule has 0 aliphatic carbocycles. The number of fused-ring (bicyclic) bond motifs is 1. The molecule has 1 unspecified atom stereocenters. The van der Waals surface area contributed by atoms with Crippen molar-refractivity contribution in [2.45, 2.75) is 38.6 Å². The van der Waals surface area contributed by atoms with E-state index in [-0.39, 0.29) is 11.3 Å². The molecule has 5 nitrogen and oxygen atoms in total. The van der Waals surface area contributed by atoms with Gasteiger partial charge in [-0.3, -0.25) is 4.79 Å². The lowest BCUT2D eigenvalue weighted by atomic mass is 9.95. The molecule has 1 atom stereocenters. The Bertz CT molecular complexity index is 762. The maximum atomic E-state index is 13.1. The number of aromatic nitrogens is 2. The molecule has 0 saturated heterocycles. The molecular weight excluding hydrogens is 312 g/mol. The van der Waals surface area contributed by atoms with E-state index < -0.39 is 0 Å². The molecule has 0 N–H and O–H groups in total. The fourth-order valence-corrected chi connectivity index (χ4v) is 3.09. The van der Waals surface area contributed by atoms with Gasteiger partial charge in [-0.1, -0.05) is 39.0 Å². The van der Waals surface area contributed by atoms with Crippen molar-refractivity contribution in [3.05, 3.63) is 53.6 Å². The van der Waals surface area contributed by atoms with Gasteiger partial charge in [-0.15, -0.1) is 0 Å². The van der Waals surface area contributed by atoms with E-state index in [2.05, 4.69) is 55.8 Å². The van der Waals surface area contributed by atoms with Crippen LogP contribution in [0.25, 0.3) is 0 Å². The summed E-state index contributed by atoms with van der Waals surface area (Å²) in [6, 6.07) is 8.43. The lowest BCUT2D eigenvalue weighted by molar-refractivity contribution is 0.0975. The minimum absolute atomic E-state index is 0.0422.